The van der Waals surface area contributed by atoms with Gasteiger partial charge in [-0.05, 0) is 48.7 Å². The Bertz CT molecular complexity index is 737. The molecule has 0 atom stereocenters. The van der Waals surface area contributed by atoms with Crippen molar-refractivity contribution in [3.63, 3.8) is 0 Å². The van der Waals surface area contributed by atoms with Gasteiger partial charge in [0.15, 0.2) is 0 Å². The minimum absolute atomic E-state index is 0.239. The average Bonchev–Trinajstić information content (AvgIpc) is 2.60. The predicted octanol–water partition coefficient (Wildman–Crippen LogP) is 3.88. The van der Waals surface area contributed by atoms with Gasteiger partial charge in [0.1, 0.15) is 0 Å². The van der Waals surface area contributed by atoms with Crippen LogP contribution < -0.4 is 11.1 Å². The van der Waals surface area contributed by atoms with Crippen molar-refractivity contribution in [3.05, 3.63) is 70.2 Å². The Balaban J connectivity index is 2.33. The lowest BCUT2D eigenvalue weighted by atomic mass is 9.84. The fraction of sp³-hybridized carbons (Fsp3) is 0.263. The number of carbonyl (C=O) groups excluding carboxylic acids is 2. The number of nitrogens with two attached hydrogens (primary N) is 1. The largest absolute Gasteiger partial charge is 0.366 e. The number of benzene rings is 2. The number of nitrogens with one attached hydrogen (secondary N) is 1. The van der Waals surface area contributed by atoms with E-state index in [0.717, 1.165) is 18.4 Å². The van der Waals surface area contributed by atoms with Crippen LogP contribution in [0.25, 0.3) is 0 Å². The van der Waals surface area contributed by atoms with Crippen molar-refractivity contribution < 1.29 is 9.59 Å². The Morgan fingerprint density at radius 3 is 2.17 bits per heavy atom. The molecule has 0 bridgehead atoms. The summed E-state index contributed by atoms with van der Waals surface area (Å²) in [4.78, 5) is 24.0. The summed E-state index contributed by atoms with van der Waals surface area (Å²) in [5, 5.41) is 3.77. The summed E-state index contributed by atoms with van der Waals surface area (Å²) >= 11 is 5.97. The molecule has 0 saturated heterocycles. The van der Waals surface area contributed by atoms with Crippen LogP contribution in [-0.2, 0) is 5.54 Å². The highest BCUT2D eigenvalue weighted by Crippen LogP contribution is 2.30. The molecule has 5 heteroatoms. The molecule has 0 fully saturated rings. The first kappa shape index (κ1) is 18.0. The third kappa shape index (κ3) is 3.77. The molecule has 126 valence electrons. The van der Waals surface area contributed by atoms with E-state index in [1.165, 1.54) is 6.07 Å². The zero-order valence-electron chi connectivity index (χ0n) is 13.8. The zero-order chi connectivity index (χ0) is 17.7. The van der Waals surface area contributed by atoms with Crippen molar-refractivity contribution in [1.29, 1.82) is 0 Å². The Hall–Kier alpha value is -2.33. The summed E-state index contributed by atoms with van der Waals surface area (Å²) in [6.07, 6.45) is 1.46. The van der Waals surface area contributed by atoms with Gasteiger partial charge < -0.3 is 11.1 Å². The number of halogens is 1. The van der Waals surface area contributed by atoms with Crippen LogP contribution in [0.4, 0.5) is 0 Å². The summed E-state index contributed by atoms with van der Waals surface area (Å²) in [5.41, 5.74) is 6.51. The van der Waals surface area contributed by atoms with E-state index in [2.05, 4.69) is 5.32 Å². The van der Waals surface area contributed by atoms with E-state index in [9.17, 15) is 9.59 Å². The zero-order valence-corrected chi connectivity index (χ0v) is 14.6. The van der Waals surface area contributed by atoms with Gasteiger partial charge in [-0.3, -0.25) is 9.59 Å². The Morgan fingerprint density at radius 1 is 1.04 bits per heavy atom. The summed E-state index contributed by atoms with van der Waals surface area (Å²) in [6.45, 7) is 4.05. The number of carbonyl (C=O) groups is 2. The van der Waals surface area contributed by atoms with E-state index < -0.39 is 11.4 Å². The smallest absolute Gasteiger partial charge is 0.251 e. The highest BCUT2D eigenvalue weighted by atomic mass is 35.5. The monoisotopic (exact) mass is 344 g/mol. The highest BCUT2D eigenvalue weighted by Gasteiger charge is 2.30. The standard InChI is InChI=1S/C19H21ClN2O2/c1-3-19(4-2,15-8-10-16(20)11-9-15)22-18(24)14-7-5-6-13(12-14)17(21)23/h5-12H,3-4H2,1-2H3,(H2,21,23)(H,22,24). The van der Waals surface area contributed by atoms with Gasteiger partial charge in [0.25, 0.3) is 5.91 Å². The van der Waals surface area contributed by atoms with E-state index >= 15 is 0 Å². The maximum Gasteiger partial charge on any atom is 0.251 e. The van der Waals surface area contributed by atoms with Gasteiger partial charge in [0, 0.05) is 16.1 Å². The van der Waals surface area contributed by atoms with E-state index in [1.54, 1.807) is 18.2 Å². The summed E-state index contributed by atoms with van der Waals surface area (Å²) in [5.74, 6) is -0.795. The molecule has 2 aromatic rings. The first-order chi connectivity index (χ1) is 11.4. The van der Waals surface area contributed by atoms with E-state index in [4.69, 9.17) is 17.3 Å². The highest BCUT2D eigenvalue weighted by molar-refractivity contribution is 6.30. The molecule has 2 rings (SSSR count). The van der Waals surface area contributed by atoms with Gasteiger partial charge in [0.05, 0.1) is 5.54 Å². The van der Waals surface area contributed by atoms with E-state index in [0.29, 0.717) is 16.1 Å². The quantitative estimate of drug-likeness (QED) is 0.834. The Morgan fingerprint density at radius 2 is 1.62 bits per heavy atom. The van der Waals surface area contributed by atoms with Crippen LogP contribution in [0.3, 0.4) is 0 Å². The Labute approximate surface area is 147 Å². The van der Waals surface area contributed by atoms with Gasteiger partial charge >= 0.3 is 0 Å². The molecule has 4 nitrogen and oxygen atoms in total. The molecule has 0 radical (unpaired) electrons. The lowest BCUT2D eigenvalue weighted by Crippen LogP contribution is -2.45. The molecule has 0 heterocycles. The molecule has 3 N–H and O–H groups in total. The molecule has 0 aromatic heterocycles. The molecule has 24 heavy (non-hydrogen) atoms. The molecule has 2 amide bonds. The first-order valence-corrected chi connectivity index (χ1v) is 8.28. The van der Waals surface area contributed by atoms with Crippen LogP contribution >= 0.6 is 11.6 Å². The lowest BCUT2D eigenvalue weighted by Gasteiger charge is -2.33. The van der Waals surface area contributed by atoms with Crippen LogP contribution in [0.15, 0.2) is 48.5 Å². The fourth-order valence-corrected chi connectivity index (χ4v) is 2.91. The van der Waals surface area contributed by atoms with Crippen molar-refractivity contribution in [3.8, 4) is 0 Å². The minimum Gasteiger partial charge on any atom is -0.366 e. The van der Waals surface area contributed by atoms with Crippen molar-refractivity contribution >= 4 is 23.4 Å². The number of amides is 2. The van der Waals surface area contributed by atoms with Crippen molar-refractivity contribution in [2.24, 2.45) is 5.73 Å². The first-order valence-electron chi connectivity index (χ1n) is 7.90. The Kier molecular flexibility index (Phi) is 5.62. The molecule has 0 unspecified atom stereocenters. The summed E-state index contributed by atoms with van der Waals surface area (Å²) in [7, 11) is 0. The maximum absolute atomic E-state index is 12.7. The molecule has 2 aromatic carbocycles. The van der Waals surface area contributed by atoms with E-state index in [-0.39, 0.29) is 5.91 Å². The van der Waals surface area contributed by atoms with E-state index in [1.807, 2.05) is 38.1 Å². The SMILES string of the molecule is CCC(CC)(NC(=O)c1cccc(C(N)=O)c1)c1ccc(Cl)cc1. The van der Waals surface area contributed by atoms with Crippen molar-refractivity contribution in [1.82, 2.24) is 5.32 Å². The maximum atomic E-state index is 12.7. The topological polar surface area (TPSA) is 72.2 Å². The molecular formula is C19H21ClN2O2. The predicted molar refractivity (Wildman–Crippen MR) is 96.1 cm³/mol. The number of hydrogen-bond donors (Lipinski definition) is 2. The van der Waals surface area contributed by atoms with Crippen molar-refractivity contribution in [2.75, 3.05) is 0 Å². The third-order valence-corrected chi connectivity index (χ3v) is 4.62. The third-order valence-electron chi connectivity index (χ3n) is 4.37. The fourth-order valence-electron chi connectivity index (χ4n) is 2.78. The van der Waals surface area contributed by atoms with Crippen LogP contribution in [0.5, 0.6) is 0 Å². The van der Waals surface area contributed by atoms with Gasteiger partial charge in [0.2, 0.25) is 5.91 Å². The van der Waals surface area contributed by atoms with Crippen LogP contribution in [0.1, 0.15) is 53.0 Å². The van der Waals surface area contributed by atoms with Gasteiger partial charge in [-0.2, -0.15) is 0 Å². The minimum atomic E-state index is -0.556. The molecule has 0 aliphatic heterocycles. The molecular weight excluding hydrogens is 324 g/mol. The number of rotatable bonds is 6. The lowest BCUT2D eigenvalue weighted by molar-refractivity contribution is 0.0889. The molecule has 0 spiro atoms. The second-order valence-corrected chi connectivity index (χ2v) is 6.13. The van der Waals surface area contributed by atoms with Gasteiger partial charge in [-0.15, -0.1) is 0 Å². The average molecular weight is 345 g/mol. The second kappa shape index (κ2) is 7.49. The second-order valence-electron chi connectivity index (χ2n) is 5.70. The summed E-state index contributed by atoms with van der Waals surface area (Å²) in [6, 6.07) is 13.9. The van der Waals surface area contributed by atoms with Crippen LogP contribution in [-0.4, -0.2) is 11.8 Å². The molecule has 0 saturated carbocycles. The van der Waals surface area contributed by atoms with Crippen molar-refractivity contribution in [2.45, 2.75) is 32.2 Å². The number of hydrogen-bond acceptors (Lipinski definition) is 2. The summed E-state index contributed by atoms with van der Waals surface area (Å²) < 4.78 is 0. The number of primary amides is 1. The normalized spacial score (nSPS) is 11.1. The van der Waals surface area contributed by atoms with Crippen LogP contribution in [0, 0.1) is 0 Å². The van der Waals surface area contributed by atoms with Gasteiger partial charge in [-0.25, -0.2) is 0 Å². The van der Waals surface area contributed by atoms with Gasteiger partial charge in [-0.1, -0.05) is 43.6 Å². The van der Waals surface area contributed by atoms with Crippen LogP contribution in [0.2, 0.25) is 5.02 Å². The molecule has 0 aliphatic rings. The molecule has 0 aliphatic carbocycles.